The summed E-state index contributed by atoms with van der Waals surface area (Å²) in [5, 5.41) is 6.38. The van der Waals surface area contributed by atoms with Gasteiger partial charge in [-0.3, -0.25) is 9.59 Å². The van der Waals surface area contributed by atoms with Crippen molar-refractivity contribution in [3.05, 3.63) is 70.6 Å². The van der Waals surface area contributed by atoms with Crippen molar-refractivity contribution in [1.29, 1.82) is 0 Å². The van der Waals surface area contributed by atoms with E-state index >= 15 is 0 Å². The number of methoxy groups -OCH3 is 3. The molecule has 2 aliphatic rings. The van der Waals surface area contributed by atoms with Gasteiger partial charge in [0.15, 0.2) is 17.3 Å². The molecular formula is C28H32N2O5. The summed E-state index contributed by atoms with van der Waals surface area (Å²) >= 11 is 0. The van der Waals surface area contributed by atoms with Gasteiger partial charge in [0.05, 0.1) is 27.0 Å². The number of anilines is 1. The summed E-state index contributed by atoms with van der Waals surface area (Å²) in [6.45, 7) is 6.05. The number of ether oxygens (including phenoxy) is 3. The molecule has 1 aliphatic carbocycles. The Morgan fingerprint density at radius 2 is 1.66 bits per heavy atom. The average molecular weight is 477 g/mol. The lowest BCUT2D eigenvalue weighted by Gasteiger charge is -2.39. The van der Waals surface area contributed by atoms with Crippen LogP contribution in [-0.4, -0.2) is 33.0 Å². The van der Waals surface area contributed by atoms with Gasteiger partial charge < -0.3 is 24.8 Å². The molecule has 2 aromatic carbocycles. The van der Waals surface area contributed by atoms with Crippen molar-refractivity contribution in [1.82, 2.24) is 5.32 Å². The van der Waals surface area contributed by atoms with Crippen LogP contribution in [0.2, 0.25) is 0 Å². The summed E-state index contributed by atoms with van der Waals surface area (Å²) in [7, 11) is 4.70. The second-order valence-electron chi connectivity index (χ2n) is 9.70. The van der Waals surface area contributed by atoms with Crippen LogP contribution in [0.3, 0.4) is 0 Å². The van der Waals surface area contributed by atoms with Gasteiger partial charge in [-0.1, -0.05) is 32.0 Å². The van der Waals surface area contributed by atoms with Gasteiger partial charge in [0, 0.05) is 34.9 Å². The van der Waals surface area contributed by atoms with Crippen LogP contribution in [0.1, 0.15) is 45.1 Å². The molecule has 0 aromatic heterocycles. The number of benzene rings is 2. The lowest BCUT2D eigenvalue weighted by Crippen LogP contribution is -2.39. The summed E-state index contributed by atoms with van der Waals surface area (Å²) in [5.41, 5.74) is 3.88. The van der Waals surface area contributed by atoms with Crippen molar-refractivity contribution in [2.24, 2.45) is 5.41 Å². The van der Waals surface area contributed by atoms with E-state index in [0.717, 1.165) is 17.7 Å². The standard InChI is InChI=1S/C28H32N2O5/c1-16-24(27(32)30-18-9-7-8-10-21(18)33-4)25(17-11-12-22(34-5)23(13-17)35-6)26-19(29-16)14-28(2,3)15-20(26)31/h7-13,25,29H,14-15H2,1-6H3,(H,30,32). The molecule has 0 bridgehead atoms. The highest BCUT2D eigenvalue weighted by Gasteiger charge is 2.43. The highest BCUT2D eigenvalue weighted by atomic mass is 16.5. The molecule has 184 valence electrons. The largest absolute Gasteiger partial charge is 0.495 e. The molecule has 35 heavy (non-hydrogen) atoms. The number of allylic oxidation sites excluding steroid dienone is 3. The van der Waals surface area contributed by atoms with Crippen molar-refractivity contribution in [3.8, 4) is 17.2 Å². The normalized spacial score (nSPS) is 19.0. The van der Waals surface area contributed by atoms with E-state index in [4.69, 9.17) is 14.2 Å². The fourth-order valence-electron chi connectivity index (χ4n) is 5.04. The first-order valence-electron chi connectivity index (χ1n) is 11.6. The van der Waals surface area contributed by atoms with Crippen LogP contribution in [0.4, 0.5) is 5.69 Å². The monoisotopic (exact) mass is 476 g/mol. The molecule has 1 heterocycles. The molecule has 7 nitrogen and oxygen atoms in total. The predicted molar refractivity (Wildman–Crippen MR) is 135 cm³/mol. The minimum atomic E-state index is -0.552. The van der Waals surface area contributed by atoms with Crippen LogP contribution in [0.25, 0.3) is 0 Å². The Hall–Kier alpha value is -3.74. The Morgan fingerprint density at radius 1 is 0.971 bits per heavy atom. The van der Waals surface area contributed by atoms with E-state index in [0.29, 0.717) is 46.2 Å². The van der Waals surface area contributed by atoms with Gasteiger partial charge in [-0.25, -0.2) is 0 Å². The van der Waals surface area contributed by atoms with Crippen LogP contribution in [0, 0.1) is 5.41 Å². The molecule has 1 amide bonds. The lowest BCUT2D eigenvalue weighted by molar-refractivity contribution is -0.118. The third-order valence-corrected chi connectivity index (χ3v) is 6.58. The smallest absolute Gasteiger partial charge is 0.254 e. The van der Waals surface area contributed by atoms with Gasteiger partial charge in [-0.15, -0.1) is 0 Å². The summed E-state index contributed by atoms with van der Waals surface area (Å²) < 4.78 is 16.4. The number of carbonyl (C=O) groups is 2. The SMILES string of the molecule is COc1ccccc1NC(=O)C1=C(C)NC2=C(C(=O)CC(C)(C)C2)C1c1ccc(OC)c(OC)c1. The minimum absolute atomic E-state index is 0.0404. The van der Waals surface area contributed by atoms with E-state index in [-0.39, 0.29) is 17.1 Å². The Balaban J connectivity index is 1.85. The third-order valence-electron chi connectivity index (χ3n) is 6.58. The Labute approximate surface area is 206 Å². The molecule has 1 atom stereocenters. The highest BCUT2D eigenvalue weighted by Crippen LogP contribution is 2.48. The lowest BCUT2D eigenvalue weighted by atomic mass is 9.68. The molecule has 0 spiro atoms. The number of Topliss-reactive ketones (excluding diaryl/α,β-unsaturated/α-hetero) is 1. The highest BCUT2D eigenvalue weighted by molar-refractivity contribution is 6.10. The zero-order valence-corrected chi connectivity index (χ0v) is 21.1. The first-order valence-corrected chi connectivity index (χ1v) is 11.6. The maximum atomic E-state index is 13.8. The van der Waals surface area contributed by atoms with Crippen LogP contribution >= 0.6 is 0 Å². The van der Waals surface area contributed by atoms with E-state index in [1.165, 1.54) is 0 Å². The molecule has 0 saturated carbocycles. The molecule has 0 radical (unpaired) electrons. The van der Waals surface area contributed by atoms with Gasteiger partial charge in [0.25, 0.3) is 5.91 Å². The Kier molecular flexibility index (Phi) is 6.61. The number of para-hydroxylation sites is 2. The molecule has 2 N–H and O–H groups in total. The average Bonchev–Trinajstić information content (AvgIpc) is 2.82. The number of dihydropyridines is 1. The van der Waals surface area contributed by atoms with E-state index in [9.17, 15) is 9.59 Å². The number of amides is 1. The second-order valence-corrected chi connectivity index (χ2v) is 9.70. The number of hydrogen-bond acceptors (Lipinski definition) is 6. The van der Waals surface area contributed by atoms with Gasteiger partial charge in [0.2, 0.25) is 0 Å². The van der Waals surface area contributed by atoms with Crippen molar-refractivity contribution in [2.45, 2.75) is 39.5 Å². The molecule has 0 fully saturated rings. The number of nitrogens with one attached hydrogen (secondary N) is 2. The zero-order chi connectivity index (χ0) is 25.3. The molecule has 1 aliphatic heterocycles. The van der Waals surface area contributed by atoms with Crippen molar-refractivity contribution in [3.63, 3.8) is 0 Å². The fourth-order valence-corrected chi connectivity index (χ4v) is 5.04. The minimum Gasteiger partial charge on any atom is -0.495 e. The first-order chi connectivity index (χ1) is 16.7. The summed E-state index contributed by atoms with van der Waals surface area (Å²) in [6, 6.07) is 12.8. The summed E-state index contributed by atoms with van der Waals surface area (Å²) in [6.07, 6.45) is 1.13. The number of ketones is 1. The van der Waals surface area contributed by atoms with Crippen LogP contribution in [-0.2, 0) is 9.59 Å². The van der Waals surface area contributed by atoms with Crippen molar-refractivity contribution < 1.29 is 23.8 Å². The Morgan fingerprint density at radius 3 is 2.34 bits per heavy atom. The quantitative estimate of drug-likeness (QED) is 0.613. The van der Waals surface area contributed by atoms with Crippen molar-refractivity contribution in [2.75, 3.05) is 26.6 Å². The predicted octanol–water partition coefficient (Wildman–Crippen LogP) is 4.96. The maximum absolute atomic E-state index is 13.8. The van der Waals surface area contributed by atoms with E-state index in [1.807, 2.05) is 31.2 Å². The molecule has 7 heteroatoms. The third kappa shape index (κ3) is 4.63. The van der Waals surface area contributed by atoms with Gasteiger partial charge in [-0.2, -0.15) is 0 Å². The number of hydrogen-bond donors (Lipinski definition) is 2. The molecule has 2 aromatic rings. The number of rotatable bonds is 6. The summed E-state index contributed by atoms with van der Waals surface area (Å²) in [5.74, 6) is 0.861. The molecular weight excluding hydrogens is 444 g/mol. The van der Waals surface area contributed by atoms with Gasteiger partial charge >= 0.3 is 0 Å². The topological polar surface area (TPSA) is 85.9 Å². The number of carbonyl (C=O) groups excluding carboxylic acids is 2. The zero-order valence-electron chi connectivity index (χ0n) is 21.1. The Bertz CT molecular complexity index is 1240. The van der Waals surface area contributed by atoms with Crippen molar-refractivity contribution >= 4 is 17.4 Å². The summed E-state index contributed by atoms with van der Waals surface area (Å²) in [4.78, 5) is 27.3. The maximum Gasteiger partial charge on any atom is 0.254 e. The van der Waals surface area contributed by atoms with Gasteiger partial charge in [0.1, 0.15) is 5.75 Å². The van der Waals surface area contributed by atoms with Crippen LogP contribution in [0.15, 0.2) is 65.0 Å². The van der Waals surface area contributed by atoms with Gasteiger partial charge in [-0.05, 0) is 48.6 Å². The van der Waals surface area contributed by atoms with E-state index in [2.05, 4.69) is 24.5 Å². The van der Waals surface area contributed by atoms with Crippen LogP contribution in [0.5, 0.6) is 17.2 Å². The fraction of sp³-hybridized carbons (Fsp3) is 0.357. The molecule has 0 saturated heterocycles. The first kappa shape index (κ1) is 24.4. The second kappa shape index (κ2) is 9.49. The van der Waals surface area contributed by atoms with E-state index in [1.54, 1.807) is 39.5 Å². The van der Waals surface area contributed by atoms with E-state index < -0.39 is 5.92 Å². The molecule has 1 unspecified atom stereocenters. The van der Waals surface area contributed by atoms with Crippen LogP contribution < -0.4 is 24.8 Å². The molecule has 4 rings (SSSR count).